The maximum absolute atomic E-state index is 11.8. The van der Waals surface area contributed by atoms with Crippen molar-refractivity contribution in [3.63, 3.8) is 0 Å². The second-order valence-electron chi connectivity index (χ2n) is 3.57. The number of hydrogen-bond acceptors (Lipinski definition) is 4. The molecule has 90 valence electrons. The minimum absolute atomic E-state index is 0.300. The molecule has 1 aliphatic heterocycles. The summed E-state index contributed by atoms with van der Waals surface area (Å²) in [6.45, 7) is -0.374. The van der Waals surface area contributed by atoms with Crippen LogP contribution in [0.1, 0.15) is 6.42 Å². The maximum atomic E-state index is 11.8. The van der Waals surface area contributed by atoms with E-state index in [1.165, 1.54) is 0 Å². The lowest BCUT2D eigenvalue weighted by Crippen LogP contribution is -2.40. The third-order valence-corrected chi connectivity index (χ3v) is 3.85. The SMILES string of the molecule is O=S1(=O)CC(O)C(NCCC(F)(F)F)C1. The summed E-state index contributed by atoms with van der Waals surface area (Å²) in [6.07, 6.45) is -6.41. The van der Waals surface area contributed by atoms with Crippen LogP contribution in [0.4, 0.5) is 13.2 Å². The molecule has 0 aromatic carbocycles. The first kappa shape index (κ1) is 12.7. The van der Waals surface area contributed by atoms with Crippen molar-refractivity contribution < 1.29 is 26.7 Å². The molecular formula is C7H12F3NO3S. The summed E-state index contributed by atoms with van der Waals surface area (Å²) >= 11 is 0. The zero-order valence-electron chi connectivity index (χ0n) is 7.79. The summed E-state index contributed by atoms with van der Waals surface area (Å²) in [5.41, 5.74) is 0. The summed E-state index contributed by atoms with van der Waals surface area (Å²) in [5, 5.41) is 11.6. The molecule has 8 heteroatoms. The van der Waals surface area contributed by atoms with Crippen LogP contribution in [0.25, 0.3) is 0 Å². The second kappa shape index (κ2) is 4.26. The largest absolute Gasteiger partial charge is 0.390 e. The number of aliphatic hydroxyl groups is 1. The van der Waals surface area contributed by atoms with Crippen LogP contribution < -0.4 is 5.32 Å². The highest BCUT2D eigenvalue weighted by Crippen LogP contribution is 2.19. The van der Waals surface area contributed by atoms with Gasteiger partial charge in [-0.2, -0.15) is 13.2 Å². The normalized spacial score (nSPS) is 30.7. The lowest BCUT2D eigenvalue weighted by molar-refractivity contribution is -0.133. The van der Waals surface area contributed by atoms with E-state index in [4.69, 9.17) is 0 Å². The van der Waals surface area contributed by atoms with E-state index in [-0.39, 0.29) is 18.1 Å². The van der Waals surface area contributed by atoms with E-state index in [1.54, 1.807) is 0 Å². The molecule has 0 amide bonds. The van der Waals surface area contributed by atoms with Gasteiger partial charge in [-0.25, -0.2) is 8.42 Å². The standard InChI is InChI=1S/C7H12F3NO3S/c8-7(9,10)1-2-11-5-3-15(13,14)4-6(5)12/h5-6,11-12H,1-4H2. The number of alkyl halides is 3. The summed E-state index contributed by atoms with van der Waals surface area (Å²) < 4.78 is 57.3. The third kappa shape index (κ3) is 4.35. The Balaban J connectivity index is 2.35. The highest BCUT2D eigenvalue weighted by molar-refractivity contribution is 7.91. The fourth-order valence-electron chi connectivity index (χ4n) is 1.42. The Labute approximate surface area is 85.4 Å². The predicted molar refractivity (Wildman–Crippen MR) is 47.1 cm³/mol. The monoisotopic (exact) mass is 247 g/mol. The average molecular weight is 247 g/mol. The summed E-state index contributed by atoms with van der Waals surface area (Å²) in [5.74, 6) is -0.678. The van der Waals surface area contributed by atoms with E-state index in [1.807, 2.05) is 0 Å². The van der Waals surface area contributed by atoms with Gasteiger partial charge in [0.1, 0.15) is 0 Å². The predicted octanol–water partition coefficient (Wildman–Crippen LogP) is -0.314. The smallest absolute Gasteiger partial charge is 0.390 e. The van der Waals surface area contributed by atoms with E-state index in [2.05, 4.69) is 5.32 Å². The van der Waals surface area contributed by atoms with Gasteiger partial charge in [-0.3, -0.25) is 0 Å². The van der Waals surface area contributed by atoms with E-state index < -0.39 is 34.6 Å². The Hall–Kier alpha value is -0.340. The Kier molecular flexibility index (Phi) is 3.62. The fourth-order valence-corrected chi connectivity index (χ4v) is 3.20. The van der Waals surface area contributed by atoms with Gasteiger partial charge in [0.25, 0.3) is 0 Å². The Bertz CT molecular complexity index is 314. The molecule has 0 bridgehead atoms. The van der Waals surface area contributed by atoms with Crippen LogP contribution in [0.2, 0.25) is 0 Å². The van der Waals surface area contributed by atoms with Crippen LogP contribution in [-0.4, -0.2) is 49.9 Å². The zero-order valence-corrected chi connectivity index (χ0v) is 8.61. The van der Waals surface area contributed by atoms with Gasteiger partial charge in [0.2, 0.25) is 0 Å². The molecular weight excluding hydrogens is 235 g/mol. The van der Waals surface area contributed by atoms with Crippen molar-refractivity contribution in [2.75, 3.05) is 18.1 Å². The van der Waals surface area contributed by atoms with Gasteiger partial charge in [0.05, 0.1) is 24.0 Å². The summed E-state index contributed by atoms with van der Waals surface area (Å²) in [7, 11) is -3.30. The quantitative estimate of drug-likeness (QED) is 0.717. The Morgan fingerprint density at radius 2 is 1.93 bits per heavy atom. The first-order valence-electron chi connectivity index (χ1n) is 4.38. The molecule has 1 rings (SSSR count). The lowest BCUT2D eigenvalue weighted by Gasteiger charge is -2.15. The number of sulfone groups is 1. The molecule has 1 fully saturated rings. The number of halogens is 3. The molecule has 1 saturated heterocycles. The van der Waals surface area contributed by atoms with Crippen LogP contribution in [0.5, 0.6) is 0 Å². The first-order chi connectivity index (χ1) is 6.70. The van der Waals surface area contributed by atoms with E-state index in [9.17, 15) is 26.7 Å². The van der Waals surface area contributed by atoms with Crippen molar-refractivity contribution in [1.82, 2.24) is 5.32 Å². The molecule has 1 aliphatic rings. The number of hydrogen-bond donors (Lipinski definition) is 2. The molecule has 0 aromatic rings. The average Bonchev–Trinajstić information content (AvgIpc) is 2.22. The van der Waals surface area contributed by atoms with Crippen molar-refractivity contribution in [2.24, 2.45) is 0 Å². The second-order valence-corrected chi connectivity index (χ2v) is 5.72. The molecule has 15 heavy (non-hydrogen) atoms. The van der Waals surface area contributed by atoms with Gasteiger partial charge in [0, 0.05) is 12.6 Å². The molecule has 1 heterocycles. The molecule has 0 aromatic heterocycles. The Morgan fingerprint density at radius 3 is 2.33 bits per heavy atom. The number of rotatable bonds is 3. The van der Waals surface area contributed by atoms with Gasteiger partial charge in [0.15, 0.2) is 9.84 Å². The van der Waals surface area contributed by atoms with Crippen molar-refractivity contribution in [1.29, 1.82) is 0 Å². The van der Waals surface area contributed by atoms with Crippen LogP contribution in [0, 0.1) is 0 Å². The minimum Gasteiger partial charge on any atom is -0.390 e. The first-order valence-corrected chi connectivity index (χ1v) is 6.20. The van der Waals surface area contributed by atoms with Crippen LogP contribution >= 0.6 is 0 Å². The highest BCUT2D eigenvalue weighted by Gasteiger charge is 2.36. The topological polar surface area (TPSA) is 66.4 Å². The molecule has 4 nitrogen and oxygen atoms in total. The molecule has 0 aliphatic carbocycles. The van der Waals surface area contributed by atoms with Crippen molar-refractivity contribution in [2.45, 2.75) is 24.7 Å². The molecule has 2 N–H and O–H groups in total. The number of aliphatic hydroxyl groups excluding tert-OH is 1. The van der Waals surface area contributed by atoms with Crippen molar-refractivity contribution in [3.8, 4) is 0 Å². The molecule has 2 atom stereocenters. The molecule has 0 radical (unpaired) electrons. The third-order valence-electron chi connectivity index (χ3n) is 2.14. The molecule has 2 unspecified atom stereocenters. The van der Waals surface area contributed by atoms with Gasteiger partial charge < -0.3 is 10.4 Å². The van der Waals surface area contributed by atoms with E-state index in [0.717, 1.165) is 0 Å². The van der Waals surface area contributed by atoms with Crippen LogP contribution in [0.15, 0.2) is 0 Å². The van der Waals surface area contributed by atoms with E-state index in [0.29, 0.717) is 0 Å². The van der Waals surface area contributed by atoms with Crippen molar-refractivity contribution in [3.05, 3.63) is 0 Å². The lowest BCUT2D eigenvalue weighted by atomic mass is 10.2. The minimum atomic E-state index is -4.27. The fraction of sp³-hybridized carbons (Fsp3) is 1.00. The van der Waals surface area contributed by atoms with Gasteiger partial charge in [-0.05, 0) is 0 Å². The van der Waals surface area contributed by atoms with Gasteiger partial charge in [-0.15, -0.1) is 0 Å². The summed E-state index contributed by atoms with van der Waals surface area (Å²) in [4.78, 5) is 0. The van der Waals surface area contributed by atoms with Crippen LogP contribution in [-0.2, 0) is 9.84 Å². The zero-order chi connectivity index (χ0) is 11.7. The highest BCUT2D eigenvalue weighted by atomic mass is 32.2. The summed E-state index contributed by atoms with van der Waals surface area (Å²) in [6, 6.07) is -0.780. The van der Waals surface area contributed by atoms with Gasteiger partial charge >= 0.3 is 6.18 Å². The van der Waals surface area contributed by atoms with Crippen molar-refractivity contribution >= 4 is 9.84 Å². The van der Waals surface area contributed by atoms with E-state index >= 15 is 0 Å². The maximum Gasteiger partial charge on any atom is 0.390 e. The van der Waals surface area contributed by atoms with Gasteiger partial charge in [-0.1, -0.05) is 0 Å². The number of nitrogens with one attached hydrogen (secondary N) is 1. The molecule has 0 spiro atoms. The molecule has 0 saturated carbocycles. The van der Waals surface area contributed by atoms with Crippen LogP contribution in [0.3, 0.4) is 0 Å². The Morgan fingerprint density at radius 1 is 1.33 bits per heavy atom.